The fourth-order valence-corrected chi connectivity index (χ4v) is 2.06. The molecule has 19 heavy (non-hydrogen) atoms. The quantitative estimate of drug-likeness (QED) is 0.908. The van der Waals surface area contributed by atoms with E-state index >= 15 is 0 Å². The molecule has 0 aromatic heterocycles. The van der Waals surface area contributed by atoms with Crippen LogP contribution in [0.25, 0.3) is 0 Å². The van der Waals surface area contributed by atoms with E-state index in [4.69, 9.17) is 5.26 Å². The van der Waals surface area contributed by atoms with Crippen LogP contribution in [0, 0.1) is 23.0 Å². The maximum absolute atomic E-state index is 13.7. The van der Waals surface area contributed by atoms with Gasteiger partial charge in [-0.25, -0.2) is 8.78 Å². The van der Waals surface area contributed by atoms with Crippen molar-refractivity contribution in [2.24, 2.45) is 0 Å². The van der Waals surface area contributed by atoms with E-state index in [-0.39, 0.29) is 5.56 Å². The molecule has 2 nitrogen and oxygen atoms in total. The van der Waals surface area contributed by atoms with Crippen LogP contribution >= 0.6 is 15.9 Å². The first kappa shape index (κ1) is 13.5. The van der Waals surface area contributed by atoms with E-state index in [2.05, 4.69) is 21.2 Å². The van der Waals surface area contributed by atoms with Crippen LogP contribution < -0.4 is 5.32 Å². The number of hydrogen-bond donors (Lipinski definition) is 1. The minimum absolute atomic E-state index is 0.0155. The molecule has 2 rings (SSSR count). The number of nitrogens with one attached hydrogen (secondary N) is 1. The van der Waals surface area contributed by atoms with Crippen molar-refractivity contribution in [3.63, 3.8) is 0 Å². The van der Waals surface area contributed by atoms with Gasteiger partial charge in [0.25, 0.3) is 0 Å². The zero-order chi connectivity index (χ0) is 13.8. The smallest absolute Gasteiger partial charge is 0.165 e. The molecule has 0 heterocycles. The number of nitrogens with zero attached hydrogens (tertiary/aromatic N) is 1. The van der Waals surface area contributed by atoms with Gasteiger partial charge in [0.2, 0.25) is 0 Å². The van der Waals surface area contributed by atoms with Crippen molar-refractivity contribution in [1.82, 2.24) is 0 Å². The van der Waals surface area contributed by atoms with Crippen LogP contribution in [-0.4, -0.2) is 0 Å². The van der Waals surface area contributed by atoms with Gasteiger partial charge in [0.1, 0.15) is 6.04 Å². The van der Waals surface area contributed by atoms with Gasteiger partial charge in [-0.3, -0.25) is 0 Å². The lowest BCUT2D eigenvalue weighted by Crippen LogP contribution is -2.11. The van der Waals surface area contributed by atoms with Crippen molar-refractivity contribution in [3.05, 3.63) is 64.1 Å². The zero-order valence-corrected chi connectivity index (χ0v) is 11.3. The summed E-state index contributed by atoms with van der Waals surface area (Å²) >= 11 is 3.32. The van der Waals surface area contributed by atoms with Crippen LogP contribution in [-0.2, 0) is 0 Å². The molecular weight excluding hydrogens is 314 g/mol. The number of anilines is 1. The van der Waals surface area contributed by atoms with Crippen LogP contribution in [0.3, 0.4) is 0 Å². The molecule has 2 aromatic carbocycles. The molecule has 2 aromatic rings. The predicted molar refractivity (Wildman–Crippen MR) is 72.5 cm³/mol. The normalized spacial score (nSPS) is 11.7. The third-order valence-electron chi connectivity index (χ3n) is 2.60. The Labute approximate surface area is 117 Å². The molecule has 0 spiro atoms. The van der Waals surface area contributed by atoms with Crippen molar-refractivity contribution in [1.29, 1.82) is 5.26 Å². The molecule has 0 aliphatic carbocycles. The Morgan fingerprint density at radius 1 is 1.11 bits per heavy atom. The molecule has 0 amide bonds. The number of nitriles is 1. The van der Waals surface area contributed by atoms with Gasteiger partial charge in [0.05, 0.1) is 6.07 Å². The van der Waals surface area contributed by atoms with Crippen molar-refractivity contribution in [3.8, 4) is 6.07 Å². The van der Waals surface area contributed by atoms with Gasteiger partial charge in [0, 0.05) is 15.7 Å². The summed E-state index contributed by atoms with van der Waals surface area (Å²) in [5.74, 6) is -1.97. The Morgan fingerprint density at radius 3 is 2.53 bits per heavy atom. The molecule has 0 aliphatic rings. The fourth-order valence-electron chi connectivity index (χ4n) is 1.66. The number of hydrogen-bond acceptors (Lipinski definition) is 2. The third-order valence-corrected chi connectivity index (χ3v) is 3.29. The summed E-state index contributed by atoms with van der Waals surface area (Å²) in [6.07, 6.45) is 0. The fraction of sp³-hybridized carbons (Fsp3) is 0.0714. The highest BCUT2D eigenvalue weighted by molar-refractivity contribution is 9.10. The molecule has 1 N–H and O–H groups in total. The molecule has 0 aliphatic heterocycles. The first-order chi connectivity index (χ1) is 9.13. The van der Waals surface area contributed by atoms with E-state index < -0.39 is 17.7 Å². The minimum Gasteiger partial charge on any atom is -0.365 e. The van der Waals surface area contributed by atoms with Crippen LogP contribution in [0.2, 0.25) is 0 Å². The van der Waals surface area contributed by atoms with E-state index in [1.165, 1.54) is 12.1 Å². The second-order valence-electron chi connectivity index (χ2n) is 3.83. The third kappa shape index (κ3) is 2.91. The van der Waals surface area contributed by atoms with Crippen molar-refractivity contribution in [2.45, 2.75) is 6.04 Å². The number of rotatable bonds is 3. The highest BCUT2D eigenvalue weighted by atomic mass is 79.9. The zero-order valence-electron chi connectivity index (χ0n) is 9.70. The van der Waals surface area contributed by atoms with Crippen molar-refractivity contribution in [2.75, 3.05) is 5.32 Å². The molecular formula is C14H9BrF2N2. The van der Waals surface area contributed by atoms with Crippen molar-refractivity contribution >= 4 is 21.6 Å². The van der Waals surface area contributed by atoms with Gasteiger partial charge in [-0.05, 0) is 34.1 Å². The van der Waals surface area contributed by atoms with E-state index in [0.717, 1.165) is 10.5 Å². The summed E-state index contributed by atoms with van der Waals surface area (Å²) in [4.78, 5) is 0. The molecule has 0 radical (unpaired) electrons. The molecule has 96 valence electrons. The maximum Gasteiger partial charge on any atom is 0.165 e. The number of halogens is 3. The minimum atomic E-state index is -1.01. The second kappa shape index (κ2) is 5.81. The van der Waals surface area contributed by atoms with Crippen LogP contribution in [0.15, 0.2) is 46.9 Å². The first-order valence-electron chi connectivity index (χ1n) is 5.48. The standard InChI is InChI=1S/C14H9BrF2N2/c15-10-5-1-2-7-12(10)19-13(8-18)9-4-3-6-11(16)14(9)17/h1-7,13,19H. The Balaban J connectivity index is 2.34. The Bertz CT molecular complexity index is 638. The van der Waals surface area contributed by atoms with Gasteiger partial charge in [-0.2, -0.15) is 5.26 Å². The van der Waals surface area contributed by atoms with E-state index in [9.17, 15) is 8.78 Å². The molecule has 0 fully saturated rings. The monoisotopic (exact) mass is 322 g/mol. The van der Waals surface area contributed by atoms with Gasteiger partial charge in [0.15, 0.2) is 11.6 Å². The second-order valence-corrected chi connectivity index (χ2v) is 4.68. The SMILES string of the molecule is N#CC(Nc1ccccc1Br)c1cccc(F)c1F. The average Bonchev–Trinajstić information content (AvgIpc) is 2.41. The van der Waals surface area contributed by atoms with Gasteiger partial charge in [-0.1, -0.05) is 24.3 Å². The predicted octanol–water partition coefficient (Wildman–Crippen LogP) is 4.40. The topological polar surface area (TPSA) is 35.8 Å². The molecule has 1 unspecified atom stereocenters. The number of para-hydroxylation sites is 1. The Kier molecular flexibility index (Phi) is 4.13. The molecule has 1 atom stereocenters. The van der Waals surface area contributed by atoms with Crippen LogP contribution in [0.1, 0.15) is 11.6 Å². The molecule has 0 bridgehead atoms. The Morgan fingerprint density at radius 2 is 1.84 bits per heavy atom. The maximum atomic E-state index is 13.7. The van der Waals surface area contributed by atoms with Gasteiger partial charge >= 0.3 is 0 Å². The highest BCUT2D eigenvalue weighted by Gasteiger charge is 2.18. The van der Waals surface area contributed by atoms with Crippen LogP contribution in [0.4, 0.5) is 14.5 Å². The molecule has 0 saturated carbocycles. The summed E-state index contributed by atoms with van der Waals surface area (Å²) in [6.45, 7) is 0. The van der Waals surface area contributed by atoms with Crippen molar-refractivity contribution < 1.29 is 8.78 Å². The molecule has 5 heteroatoms. The Hall–Kier alpha value is -1.93. The lowest BCUT2D eigenvalue weighted by molar-refractivity contribution is 0.497. The lowest BCUT2D eigenvalue weighted by atomic mass is 10.1. The lowest BCUT2D eigenvalue weighted by Gasteiger charge is -2.15. The summed E-state index contributed by atoms with van der Waals surface area (Å²) in [6, 6.07) is 11.9. The van der Waals surface area contributed by atoms with E-state index in [1.54, 1.807) is 18.2 Å². The molecule has 0 saturated heterocycles. The summed E-state index contributed by atoms with van der Waals surface area (Å²) in [5.41, 5.74) is 0.621. The van der Waals surface area contributed by atoms with E-state index in [1.807, 2.05) is 12.1 Å². The highest BCUT2D eigenvalue weighted by Crippen LogP contribution is 2.27. The van der Waals surface area contributed by atoms with Crippen LogP contribution in [0.5, 0.6) is 0 Å². The van der Waals surface area contributed by atoms with Gasteiger partial charge < -0.3 is 5.32 Å². The number of benzene rings is 2. The largest absolute Gasteiger partial charge is 0.365 e. The summed E-state index contributed by atoms with van der Waals surface area (Å²) in [7, 11) is 0. The van der Waals surface area contributed by atoms with E-state index in [0.29, 0.717) is 5.69 Å². The van der Waals surface area contributed by atoms with Gasteiger partial charge in [-0.15, -0.1) is 0 Å². The summed E-state index contributed by atoms with van der Waals surface area (Å²) in [5, 5.41) is 12.0. The summed E-state index contributed by atoms with van der Waals surface area (Å²) < 4.78 is 27.6. The average molecular weight is 323 g/mol. The first-order valence-corrected chi connectivity index (χ1v) is 6.27.